The molecule has 1 unspecified atom stereocenters. The first-order valence-electron chi connectivity index (χ1n) is 9.43. The maximum Gasteiger partial charge on any atom is 0.194 e. The largest absolute Gasteiger partial charge is 0.489 e. The van der Waals surface area contributed by atoms with Gasteiger partial charge in [0.25, 0.3) is 0 Å². The third-order valence-corrected chi connectivity index (χ3v) is 4.68. The first kappa shape index (κ1) is 20.0. The lowest BCUT2D eigenvalue weighted by Gasteiger charge is -2.34. The van der Waals surface area contributed by atoms with Crippen LogP contribution in [-0.2, 0) is 16.0 Å². The number of aliphatic imine (C=N–C) groups is 1. The number of ether oxygens (including phenoxy) is 4. The van der Waals surface area contributed by atoms with Gasteiger partial charge in [0.15, 0.2) is 17.5 Å². The van der Waals surface area contributed by atoms with E-state index in [-0.39, 0.29) is 6.10 Å². The summed E-state index contributed by atoms with van der Waals surface area (Å²) in [5.74, 6) is 2.19. The average Bonchev–Trinajstić information content (AvgIpc) is 2.91. The fourth-order valence-corrected chi connectivity index (χ4v) is 3.45. The van der Waals surface area contributed by atoms with Gasteiger partial charge in [0, 0.05) is 33.2 Å². The molecule has 0 spiro atoms. The standard InChI is InChI=1S/C19H28ClN3O4/c1-3-21-19(23-5-8-25-15(12-23)13-24-2)22-11-14-9-16(20)18-17(10-14)26-6-4-7-27-18/h9-10,15H,3-8,11-13H2,1-2H3,(H,21,22). The first-order valence-corrected chi connectivity index (χ1v) is 9.81. The number of hydrogen-bond acceptors (Lipinski definition) is 5. The van der Waals surface area contributed by atoms with Crippen LogP contribution < -0.4 is 14.8 Å². The zero-order valence-corrected chi connectivity index (χ0v) is 16.8. The average molecular weight is 398 g/mol. The Morgan fingerprint density at radius 2 is 2.19 bits per heavy atom. The highest BCUT2D eigenvalue weighted by Crippen LogP contribution is 2.38. The number of halogens is 1. The van der Waals surface area contributed by atoms with Crippen molar-refractivity contribution in [1.82, 2.24) is 10.2 Å². The van der Waals surface area contributed by atoms with Crippen LogP contribution in [0, 0.1) is 0 Å². The number of benzene rings is 1. The second kappa shape index (κ2) is 10.0. The Morgan fingerprint density at radius 1 is 1.33 bits per heavy atom. The van der Waals surface area contributed by atoms with Crippen molar-refractivity contribution in [2.75, 3.05) is 53.2 Å². The van der Waals surface area contributed by atoms with E-state index in [9.17, 15) is 0 Å². The Balaban J connectivity index is 1.73. The van der Waals surface area contributed by atoms with E-state index in [2.05, 4.69) is 17.1 Å². The van der Waals surface area contributed by atoms with Crippen LogP contribution in [0.5, 0.6) is 11.5 Å². The Kier molecular flexibility index (Phi) is 7.43. The predicted molar refractivity (Wildman–Crippen MR) is 105 cm³/mol. The molecule has 2 heterocycles. The van der Waals surface area contributed by atoms with Gasteiger partial charge >= 0.3 is 0 Å². The zero-order valence-electron chi connectivity index (χ0n) is 16.0. The summed E-state index contributed by atoms with van der Waals surface area (Å²) >= 11 is 6.39. The minimum Gasteiger partial charge on any atom is -0.489 e. The molecule has 0 saturated carbocycles. The lowest BCUT2D eigenvalue weighted by molar-refractivity contribution is -0.0447. The van der Waals surface area contributed by atoms with Crippen molar-refractivity contribution in [3.8, 4) is 11.5 Å². The molecule has 0 amide bonds. The Morgan fingerprint density at radius 3 is 3.00 bits per heavy atom. The topological polar surface area (TPSA) is 64.6 Å². The highest BCUT2D eigenvalue weighted by atomic mass is 35.5. The van der Waals surface area contributed by atoms with Gasteiger partial charge in [-0.1, -0.05) is 11.6 Å². The van der Waals surface area contributed by atoms with Gasteiger partial charge in [0.1, 0.15) is 0 Å². The molecule has 1 N–H and O–H groups in total. The van der Waals surface area contributed by atoms with E-state index in [0.29, 0.717) is 49.5 Å². The van der Waals surface area contributed by atoms with Crippen LogP contribution >= 0.6 is 11.6 Å². The van der Waals surface area contributed by atoms with Crippen molar-refractivity contribution in [3.05, 3.63) is 22.7 Å². The Labute approximate surface area is 165 Å². The van der Waals surface area contributed by atoms with Crippen molar-refractivity contribution in [2.45, 2.75) is 26.0 Å². The minimum atomic E-state index is 0.0556. The van der Waals surface area contributed by atoms with Crippen LogP contribution in [-0.4, -0.2) is 70.1 Å². The summed E-state index contributed by atoms with van der Waals surface area (Å²) in [6, 6.07) is 3.86. The summed E-state index contributed by atoms with van der Waals surface area (Å²) in [5.41, 5.74) is 0.987. The molecule has 8 heteroatoms. The highest BCUT2D eigenvalue weighted by molar-refractivity contribution is 6.32. The summed E-state index contributed by atoms with van der Waals surface area (Å²) in [5, 5.41) is 3.93. The number of nitrogens with zero attached hydrogens (tertiary/aromatic N) is 2. The van der Waals surface area contributed by atoms with Crippen molar-refractivity contribution in [2.24, 2.45) is 4.99 Å². The number of hydrogen-bond donors (Lipinski definition) is 1. The molecule has 1 atom stereocenters. The summed E-state index contributed by atoms with van der Waals surface area (Å²) in [6.45, 7) is 7.41. The van der Waals surface area contributed by atoms with Gasteiger partial charge in [-0.15, -0.1) is 0 Å². The van der Waals surface area contributed by atoms with Crippen molar-refractivity contribution >= 4 is 17.6 Å². The maximum absolute atomic E-state index is 6.39. The first-order chi connectivity index (χ1) is 13.2. The Bertz CT molecular complexity index is 654. The van der Waals surface area contributed by atoms with Crippen LogP contribution in [0.2, 0.25) is 5.02 Å². The molecule has 27 heavy (non-hydrogen) atoms. The number of nitrogens with one attached hydrogen (secondary N) is 1. The second-order valence-electron chi connectivity index (χ2n) is 6.52. The van der Waals surface area contributed by atoms with E-state index < -0.39 is 0 Å². The fraction of sp³-hybridized carbons (Fsp3) is 0.632. The summed E-state index contributed by atoms with van der Waals surface area (Å²) in [4.78, 5) is 7.01. The van der Waals surface area contributed by atoms with Gasteiger partial charge in [0.05, 0.1) is 44.1 Å². The van der Waals surface area contributed by atoms with Gasteiger partial charge in [0.2, 0.25) is 0 Å². The van der Waals surface area contributed by atoms with Crippen LogP contribution in [0.4, 0.5) is 0 Å². The highest BCUT2D eigenvalue weighted by Gasteiger charge is 2.23. The van der Waals surface area contributed by atoms with Gasteiger partial charge in [-0.3, -0.25) is 0 Å². The van der Waals surface area contributed by atoms with Crippen LogP contribution in [0.3, 0.4) is 0 Å². The van der Waals surface area contributed by atoms with Crippen molar-refractivity contribution in [1.29, 1.82) is 0 Å². The summed E-state index contributed by atoms with van der Waals surface area (Å²) < 4.78 is 22.4. The molecule has 1 aromatic carbocycles. The minimum absolute atomic E-state index is 0.0556. The number of rotatable bonds is 5. The molecule has 3 rings (SSSR count). The van der Waals surface area contributed by atoms with Crippen LogP contribution in [0.1, 0.15) is 18.9 Å². The zero-order chi connectivity index (χ0) is 19.1. The molecule has 1 saturated heterocycles. The van der Waals surface area contributed by atoms with Crippen molar-refractivity contribution < 1.29 is 18.9 Å². The molecule has 0 radical (unpaired) electrons. The monoisotopic (exact) mass is 397 g/mol. The molecular formula is C19H28ClN3O4. The van der Waals surface area contributed by atoms with Crippen LogP contribution in [0.15, 0.2) is 17.1 Å². The maximum atomic E-state index is 6.39. The lowest BCUT2D eigenvalue weighted by Crippen LogP contribution is -2.51. The van der Waals surface area contributed by atoms with E-state index in [4.69, 9.17) is 35.5 Å². The van der Waals surface area contributed by atoms with E-state index in [1.165, 1.54) is 0 Å². The normalized spacial score (nSPS) is 20.3. The number of morpholine rings is 1. The molecular weight excluding hydrogens is 370 g/mol. The molecule has 0 bridgehead atoms. The number of fused-ring (bicyclic) bond motifs is 1. The smallest absolute Gasteiger partial charge is 0.194 e. The SMILES string of the molecule is CCNC(=NCc1cc(Cl)c2c(c1)OCCCO2)N1CCOC(COC)C1. The van der Waals surface area contributed by atoms with E-state index in [1.54, 1.807) is 7.11 Å². The molecule has 7 nitrogen and oxygen atoms in total. The number of methoxy groups -OCH3 is 1. The third kappa shape index (κ3) is 5.40. The number of guanidine groups is 1. The second-order valence-corrected chi connectivity index (χ2v) is 6.93. The van der Waals surface area contributed by atoms with Crippen molar-refractivity contribution in [3.63, 3.8) is 0 Å². The molecule has 150 valence electrons. The summed E-state index contributed by atoms with van der Waals surface area (Å²) in [6.07, 6.45) is 0.906. The Hall–Kier alpha value is -1.70. The van der Waals surface area contributed by atoms with E-state index in [0.717, 1.165) is 37.6 Å². The lowest BCUT2D eigenvalue weighted by atomic mass is 10.2. The molecule has 0 aliphatic carbocycles. The predicted octanol–water partition coefficient (Wildman–Crippen LogP) is 2.31. The molecule has 1 fully saturated rings. The van der Waals surface area contributed by atoms with Gasteiger partial charge < -0.3 is 29.2 Å². The van der Waals surface area contributed by atoms with Gasteiger partial charge in [-0.25, -0.2) is 4.99 Å². The summed E-state index contributed by atoms with van der Waals surface area (Å²) in [7, 11) is 1.69. The molecule has 2 aliphatic heterocycles. The van der Waals surface area contributed by atoms with Crippen LogP contribution in [0.25, 0.3) is 0 Å². The third-order valence-electron chi connectivity index (χ3n) is 4.40. The molecule has 2 aliphatic rings. The molecule has 0 aromatic heterocycles. The van der Waals surface area contributed by atoms with E-state index in [1.807, 2.05) is 12.1 Å². The quantitative estimate of drug-likeness (QED) is 0.607. The van der Waals surface area contributed by atoms with E-state index >= 15 is 0 Å². The van der Waals surface area contributed by atoms with Gasteiger partial charge in [-0.05, 0) is 24.6 Å². The van der Waals surface area contributed by atoms with Gasteiger partial charge in [-0.2, -0.15) is 0 Å². The fourth-order valence-electron chi connectivity index (χ4n) is 3.17. The molecule has 1 aromatic rings.